The lowest BCUT2D eigenvalue weighted by atomic mass is 10.1. The fraction of sp³-hybridized carbons (Fsp3) is 0.154. The zero-order valence-electron chi connectivity index (χ0n) is 10.5. The molecule has 0 aliphatic carbocycles. The first kappa shape index (κ1) is 12.0. The van der Waals surface area contributed by atoms with Crippen LogP contribution in [-0.4, -0.2) is 24.9 Å². The van der Waals surface area contributed by atoms with Crippen molar-refractivity contribution in [3.63, 3.8) is 0 Å². The van der Waals surface area contributed by atoms with Gasteiger partial charge in [0.1, 0.15) is 18.9 Å². The van der Waals surface area contributed by atoms with Crippen LogP contribution in [0.3, 0.4) is 0 Å². The predicted octanol–water partition coefficient (Wildman–Crippen LogP) is 1.17. The molecule has 0 saturated heterocycles. The molecule has 0 N–H and O–H groups in total. The number of nitriles is 1. The first-order chi connectivity index (χ1) is 9.83. The maximum absolute atomic E-state index is 8.65. The van der Waals surface area contributed by atoms with Gasteiger partial charge in [0.15, 0.2) is 5.82 Å². The summed E-state index contributed by atoms with van der Waals surface area (Å²) in [5.41, 5.74) is 1.12. The van der Waals surface area contributed by atoms with Crippen molar-refractivity contribution in [2.75, 3.05) is 0 Å². The first-order valence-corrected chi connectivity index (χ1v) is 5.98. The van der Waals surface area contributed by atoms with Gasteiger partial charge in [0.25, 0.3) is 5.82 Å². The molecule has 3 rings (SSSR count). The van der Waals surface area contributed by atoms with Crippen molar-refractivity contribution < 1.29 is 4.52 Å². The normalized spacial score (nSPS) is 10.3. The summed E-state index contributed by atoms with van der Waals surface area (Å²) >= 11 is 0. The van der Waals surface area contributed by atoms with Crippen LogP contribution >= 0.6 is 0 Å². The highest BCUT2D eigenvalue weighted by Gasteiger charge is 2.09. The average Bonchev–Trinajstić information content (AvgIpc) is 3.10. The molecule has 0 atom stereocenters. The van der Waals surface area contributed by atoms with E-state index in [1.54, 1.807) is 0 Å². The summed E-state index contributed by atoms with van der Waals surface area (Å²) in [6.07, 6.45) is 2.07. The van der Waals surface area contributed by atoms with E-state index in [0.717, 1.165) is 5.56 Å². The maximum atomic E-state index is 8.65. The molecule has 7 heteroatoms. The van der Waals surface area contributed by atoms with Crippen molar-refractivity contribution >= 4 is 0 Å². The largest absolute Gasteiger partial charge is 0.337 e. The van der Waals surface area contributed by atoms with Gasteiger partial charge in [0, 0.05) is 6.42 Å². The molecule has 0 aliphatic rings. The Morgan fingerprint density at radius 3 is 2.85 bits per heavy atom. The molecule has 0 spiro atoms. The first-order valence-electron chi connectivity index (χ1n) is 5.98. The lowest BCUT2D eigenvalue weighted by molar-refractivity contribution is 0.361. The Hall–Kier alpha value is -3.01. The highest BCUT2D eigenvalue weighted by Crippen LogP contribution is 2.07. The van der Waals surface area contributed by atoms with Crippen LogP contribution in [0.2, 0.25) is 0 Å². The van der Waals surface area contributed by atoms with E-state index < -0.39 is 0 Å². The van der Waals surface area contributed by atoms with Gasteiger partial charge in [-0.2, -0.15) is 10.2 Å². The van der Waals surface area contributed by atoms with E-state index in [0.29, 0.717) is 24.7 Å². The van der Waals surface area contributed by atoms with Crippen LogP contribution in [-0.2, 0) is 13.0 Å². The van der Waals surface area contributed by atoms with Gasteiger partial charge in [0.2, 0.25) is 5.89 Å². The molecule has 0 bridgehead atoms. The maximum Gasteiger partial charge on any atom is 0.252 e. The summed E-state index contributed by atoms with van der Waals surface area (Å²) in [5.74, 6) is 1.17. The topological polar surface area (TPSA) is 93.4 Å². The molecule has 0 saturated carbocycles. The number of rotatable bonds is 4. The molecule has 0 aliphatic heterocycles. The van der Waals surface area contributed by atoms with E-state index in [1.807, 2.05) is 36.4 Å². The van der Waals surface area contributed by atoms with Gasteiger partial charge in [-0.25, -0.2) is 9.67 Å². The Labute approximate surface area is 114 Å². The van der Waals surface area contributed by atoms with Crippen LogP contribution in [0.4, 0.5) is 0 Å². The van der Waals surface area contributed by atoms with Crippen molar-refractivity contribution in [1.82, 2.24) is 24.9 Å². The molecule has 0 unspecified atom stereocenters. The summed E-state index contributed by atoms with van der Waals surface area (Å²) in [7, 11) is 0. The second kappa shape index (κ2) is 5.32. The summed E-state index contributed by atoms with van der Waals surface area (Å²) in [6, 6.07) is 11.8. The number of nitrogens with zero attached hydrogens (tertiary/aromatic N) is 6. The van der Waals surface area contributed by atoms with Crippen LogP contribution in [0.1, 0.15) is 23.1 Å². The summed E-state index contributed by atoms with van der Waals surface area (Å²) < 4.78 is 6.64. The third-order valence-electron chi connectivity index (χ3n) is 2.65. The number of hydrogen-bond donors (Lipinski definition) is 0. The van der Waals surface area contributed by atoms with Gasteiger partial charge in [-0.15, -0.1) is 5.10 Å². The Morgan fingerprint density at radius 2 is 2.10 bits per heavy atom. The molecule has 3 aromatic rings. The smallest absolute Gasteiger partial charge is 0.252 e. The molecule has 0 radical (unpaired) electrons. The van der Waals surface area contributed by atoms with Crippen molar-refractivity contribution in [3.8, 4) is 6.07 Å². The molecule has 2 heterocycles. The third-order valence-corrected chi connectivity index (χ3v) is 2.65. The molecule has 2 aromatic heterocycles. The van der Waals surface area contributed by atoms with E-state index >= 15 is 0 Å². The SMILES string of the molecule is N#Cc1ncn(Cc2nc(Cc3ccccc3)no2)n1. The van der Waals surface area contributed by atoms with E-state index in [9.17, 15) is 0 Å². The summed E-state index contributed by atoms with van der Waals surface area (Å²) in [5, 5.41) is 16.5. The highest BCUT2D eigenvalue weighted by atomic mass is 16.5. The standard InChI is InChI=1S/C13H10N6O/c14-7-12-15-9-19(17-12)8-13-16-11(18-20-13)6-10-4-2-1-3-5-10/h1-5,9H,6,8H2. The van der Waals surface area contributed by atoms with Gasteiger partial charge in [-0.1, -0.05) is 35.5 Å². The second-order valence-electron chi connectivity index (χ2n) is 4.14. The van der Waals surface area contributed by atoms with E-state index in [4.69, 9.17) is 9.78 Å². The molecule has 98 valence electrons. The zero-order chi connectivity index (χ0) is 13.8. The van der Waals surface area contributed by atoms with Crippen molar-refractivity contribution in [3.05, 3.63) is 59.8 Å². The number of aromatic nitrogens is 5. The molecular formula is C13H10N6O. The second-order valence-corrected chi connectivity index (χ2v) is 4.14. The summed E-state index contributed by atoms with van der Waals surface area (Å²) in [6.45, 7) is 0.302. The number of benzene rings is 1. The van der Waals surface area contributed by atoms with E-state index in [2.05, 4.69) is 20.2 Å². The minimum absolute atomic E-state index is 0.119. The predicted molar refractivity (Wildman–Crippen MR) is 67.4 cm³/mol. The van der Waals surface area contributed by atoms with Crippen LogP contribution in [0.5, 0.6) is 0 Å². The Kier molecular flexibility index (Phi) is 3.20. The van der Waals surface area contributed by atoms with Crippen LogP contribution in [0.15, 0.2) is 41.2 Å². The Bertz CT molecular complexity index is 740. The minimum atomic E-state index is 0.119. The van der Waals surface area contributed by atoms with Crippen LogP contribution < -0.4 is 0 Å². The van der Waals surface area contributed by atoms with Crippen molar-refractivity contribution in [2.24, 2.45) is 0 Å². The van der Waals surface area contributed by atoms with Gasteiger partial charge in [-0.3, -0.25) is 0 Å². The zero-order valence-corrected chi connectivity index (χ0v) is 10.5. The highest BCUT2D eigenvalue weighted by molar-refractivity contribution is 5.18. The Morgan fingerprint density at radius 1 is 1.25 bits per heavy atom. The van der Waals surface area contributed by atoms with Crippen LogP contribution in [0.25, 0.3) is 0 Å². The molecule has 7 nitrogen and oxygen atoms in total. The van der Waals surface area contributed by atoms with Gasteiger partial charge < -0.3 is 4.52 Å². The van der Waals surface area contributed by atoms with Crippen molar-refractivity contribution in [1.29, 1.82) is 5.26 Å². The third kappa shape index (κ3) is 2.70. The van der Waals surface area contributed by atoms with E-state index in [-0.39, 0.29) is 5.82 Å². The monoisotopic (exact) mass is 266 g/mol. The lowest BCUT2D eigenvalue weighted by Gasteiger charge is -1.94. The van der Waals surface area contributed by atoms with Gasteiger partial charge in [0.05, 0.1) is 0 Å². The van der Waals surface area contributed by atoms with Crippen molar-refractivity contribution in [2.45, 2.75) is 13.0 Å². The fourth-order valence-corrected chi connectivity index (χ4v) is 1.77. The van der Waals surface area contributed by atoms with Gasteiger partial charge >= 0.3 is 0 Å². The fourth-order valence-electron chi connectivity index (χ4n) is 1.77. The molecule has 1 aromatic carbocycles. The lowest BCUT2D eigenvalue weighted by Crippen LogP contribution is -2.01. The molecule has 0 amide bonds. The number of hydrogen-bond acceptors (Lipinski definition) is 6. The van der Waals surface area contributed by atoms with Crippen LogP contribution in [0, 0.1) is 11.3 Å². The Balaban J connectivity index is 1.69. The van der Waals surface area contributed by atoms with E-state index in [1.165, 1.54) is 11.0 Å². The average molecular weight is 266 g/mol. The molecular weight excluding hydrogens is 256 g/mol. The minimum Gasteiger partial charge on any atom is -0.337 e. The van der Waals surface area contributed by atoms with Gasteiger partial charge in [-0.05, 0) is 5.56 Å². The summed E-state index contributed by atoms with van der Waals surface area (Å²) in [4.78, 5) is 8.09. The molecule has 0 fully saturated rings. The molecule has 20 heavy (non-hydrogen) atoms. The quantitative estimate of drug-likeness (QED) is 0.703.